The largest absolute Gasteiger partial charge is 0.398 e. The van der Waals surface area contributed by atoms with Crippen LogP contribution in [0.3, 0.4) is 0 Å². The summed E-state index contributed by atoms with van der Waals surface area (Å²) in [6.07, 6.45) is -2.01. The number of nitrogens with two attached hydrogens (primary N) is 1. The Hall–Kier alpha value is -0.810. The van der Waals surface area contributed by atoms with Crippen LogP contribution in [0.1, 0.15) is 11.7 Å². The molecular weight excluding hydrogens is 216 g/mol. The van der Waals surface area contributed by atoms with E-state index in [1.54, 1.807) is 25.2 Å². The van der Waals surface area contributed by atoms with Gasteiger partial charge in [-0.25, -0.2) is 0 Å². The zero-order valence-corrected chi connectivity index (χ0v) is 9.20. The molecule has 1 aromatic rings. The highest BCUT2D eigenvalue weighted by Crippen LogP contribution is 2.30. The van der Waals surface area contributed by atoms with Gasteiger partial charge in [0.1, 0.15) is 6.10 Å². The lowest BCUT2D eigenvalue weighted by atomic mass is 10.0. The van der Waals surface area contributed by atoms with E-state index in [-0.39, 0.29) is 6.54 Å². The van der Waals surface area contributed by atoms with Crippen LogP contribution in [-0.2, 0) is 0 Å². The van der Waals surface area contributed by atoms with Gasteiger partial charge in [0.25, 0.3) is 0 Å². The molecule has 1 aromatic carbocycles. The van der Waals surface area contributed by atoms with Crippen LogP contribution in [0.2, 0.25) is 5.02 Å². The molecule has 0 aliphatic heterocycles. The molecule has 0 saturated heterocycles. The number of benzene rings is 1. The monoisotopic (exact) mass is 230 g/mol. The van der Waals surface area contributed by atoms with E-state index in [1.165, 1.54) is 0 Å². The van der Waals surface area contributed by atoms with E-state index in [4.69, 9.17) is 17.3 Å². The molecular formula is C10H15ClN2O2. The summed E-state index contributed by atoms with van der Waals surface area (Å²) in [5.74, 6) is 0. The standard InChI is InChI=1S/C10H15ClN2O2/c1-13-5-8(14)10(15)9-6(11)3-2-4-7(9)12/h2-4,8,10,13-15H,5,12H2,1H3. The van der Waals surface area contributed by atoms with E-state index in [2.05, 4.69) is 5.32 Å². The molecule has 0 spiro atoms. The number of nitrogens with one attached hydrogen (secondary N) is 1. The van der Waals surface area contributed by atoms with E-state index in [0.29, 0.717) is 16.3 Å². The highest BCUT2D eigenvalue weighted by atomic mass is 35.5. The minimum atomic E-state index is -1.08. The molecule has 15 heavy (non-hydrogen) atoms. The van der Waals surface area contributed by atoms with Crippen LogP contribution in [0, 0.1) is 0 Å². The zero-order valence-electron chi connectivity index (χ0n) is 8.44. The zero-order chi connectivity index (χ0) is 11.4. The predicted molar refractivity (Wildman–Crippen MR) is 60.8 cm³/mol. The van der Waals surface area contributed by atoms with Crippen LogP contribution in [0.15, 0.2) is 18.2 Å². The Morgan fingerprint density at radius 3 is 2.67 bits per heavy atom. The van der Waals surface area contributed by atoms with E-state index in [9.17, 15) is 10.2 Å². The number of anilines is 1. The molecule has 2 atom stereocenters. The first kappa shape index (κ1) is 12.3. The third-order valence-corrected chi connectivity index (χ3v) is 2.49. The molecule has 1 rings (SSSR count). The molecule has 2 unspecified atom stereocenters. The number of hydrogen-bond acceptors (Lipinski definition) is 4. The fourth-order valence-corrected chi connectivity index (χ4v) is 1.67. The lowest BCUT2D eigenvalue weighted by molar-refractivity contribution is 0.0207. The van der Waals surface area contributed by atoms with Gasteiger partial charge in [0.2, 0.25) is 0 Å². The summed E-state index contributed by atoms with van der Waals surface area (Å²) in [4.78, 5) is 0. The predicted octanol–water partition coefficient (Wildman–Crippen LogP) is 0.536. The van der Waals surface area contributed by atoms with Crippen molar-refractivity contribution in [1.29, 1.82) is 0 Å². The van der Waals surface area contributed by atoms with Gasteiger partial charge in [-0.3, -0.25) is 0 Å². The van der Waals surface area contributed by atoms with E-state index in [1.807, 2.05) is 0 Å². The fourth-order valence-electron chi connectivity index (χ4n) is 1.38. The summed E-state index contributed by atoms with van der Waals surface area (Å²) in [5, 5.41) is 22.5. The molecule has 0 aliphatic rings. The second kappa shape index (κ2) is 5.32. The molecule has 0 aromatic heterocycles. The molecule has 0 heterocycles. The van der Waals surface area contributed by atoms with Gasteiger partial charge < -0.3 is 21.3 Å². The quantitative estimate of drug-likeness (QED) is 0.570. The van der Waals surface area contributed by atoms with Crippen molar-refractivity contribution in [2.75, 3.05) is 19.3 Å². The minimum Gasteiger partial charge on any atom is -0.398 e. The number of nitrogen functional groups attached to an aromatic ring is 1. The average molecular weight is 231 g/mol. The molecule has 5 N–H and O–H groups in total. The van der Waals surface area contributed by atoms with E-state index < -0.39 is 12.2 Å². The molecule has 0 radical (unpaired) electrons. The Balaban J connectivity index is 2.94. The van der Waals surface area contributed by atoms with Crippen LogP contribution in [0.25, 0.3) is 0 Å². The van der Waals surface area contributed by atoms with E-state index in [0.717, 1.165) is 0 Å². The maximum Gasteiger partial charge on any atom is 0.110 e. The number of likely N-dealkylation sites (N-methyl/N-ethyl adjacent to an activating group) is 1. The maximum absolute atomic E-state index is 9.83. The summed E-state index contributed by atoms with van der Waals surface area (Å²) in [6, 6.07) is 4.96. The second-order valence-corrected chi connectivity index (χ2v) is 3.72. The molecule has 0 bridgehead atoms. The molecule has 84 valence electrons. The molecule has 5 heteroatoms. The third kappa shape index (κ3) is 2.82. The van der Waals surface area contributed by atoms with Gasteiger partial charge in [-0.05, 0) is 19.2 Å². The van der Waals surface area contributed by atoms with Crippen molar-refractivity contribution >= 4 is 17.3 Å². The van der Waals surface area contributed by atoms with Crippen LogP contribution in [0.4, 0.5) is 5.69 Å². The number of rotatable bonds is 4. The topological polar surface area (TPSA) is 78.5 Å². The van der Waals surface area contributed by atoms with Crippen molar-refractivity contribution < 1.29 is 10.2 Å². The molecule has 4 nitrogen and oxygen atoms in total. The molecule has 0 saturated carbocycles. The van der Waals surface area contributed by atoms with Gasteiger partial charge in [-0.15, -0.1) is 0 Å². The first-order chi connectivity index (χ1) is 7.07. The maximum atomic E-state index is 9.83. The average Bonchev–Trinajstić information content (AvgIpc) is 2.17. The smallest absolute Gasteiger partial charge is 0.110 e. The van der Waals surface area contributed by atoms with Gasteiger partial charge >= 0.3 is 0 Å². The Kier molecular flexibility index (Phi) is 4.35. The highest BCUT2D eigenvalue weighted by molar-refractivity contribution is 6.31. The summed E-state index contributed by atoms with van der Waals surface area (Å²) in [5.41, 5.74) is 6.44. The summed E-state index contributed by atoms with van der Waals surface area (Å²) in [6.45, 7) is 0.270. The van der Waals surface area contributed by atoms with Crippen LogP contribution in [-0.4, -0.2) is 29.9 Å². The number of hydrogen-bond donors (Lipinski definition) is 4. The fraction of sp³-hybridized carbons (Fsp3) is 0.400. The molecule has 0 aliphatic carbocycles. The second-order valence-electron chi connectivity index (χ2n) is 3.31. The highest BCUT2D eigenvalue weighted by Gasteiger charge is 2.22. The van der Waals surface area contributed by atoms with Crippen molar-refractivity contribution in [2.24, 2.45) is 0 Å². The Morgan fingerprint density at radius 1 is 1.47 bits per heavy atom. The number of halogens is 1. The Morgan fingerprint density at radius 2 is 2.13 bits per heavy atom. The molecule has 0 fully saturated rings. The summed E-state index contributed by atoms with van der Waals surface area (Å²) >= 11 is 5.90. The van der Waals surface area contributed by atoms with Gasteiger partial charge in [0, 0.05) is 22.8 Å². The lowest BCUT2D eigenvalue weighted by Gasteiger charge is -2.20. The van der Waals surface area contributed by atoms with Crippen LogP contribution < -0.4 is 11.1 Å². The van der Waals surface area contributed by atoms with Crippen LogP contribution >= 0.6 is 11.6 Å². The van der Waals surface area contributed by atoms with Crippen LogP contribution in [0.5, 0.6) is 0 Å². The van der Waals surface area contributed by atoms with Gasteiger partial charge in [-0.2, -0.15) is 0 Å². The number of aliphatic hydroxyl groups is 2. The first-order valence-electron chi connectivity index (χ1n) is 4.62. The van der Waals surface area contributed by atoms with Crippen molar-refractivity contribution in [3.8, 4) is 0 Å². The van der Waals surface area contributed by atoms with Gasteiger partial charge in [0.15, 0.2) is 0 Å². The minimum absolute atomic E-state index is 0.270. The Bertz CT molecular complexity index is 313. The third-order valence-electron chi connectivity index (χ3n) is 2.16. The van der Waals surface area contributed by atoms with Crippen molar-refractivity contribution in [3.05, 3.63) is 28.8 Å². The summed E-state index contributed by atoms with van der Waals surface area (Å²) < 4.78 is 0. The van der Waals surface area contributed by atoms with Gasteiger partial charge in [-0.1, -0.05) is 17.7 Å². The summed E-state index contributed by atoms with van der Waals surface area (Å²) in [7, 11) is 1.69. The SMILES string of the molecule is CNCC(O)C(O)c1c(N)cccc1Cl. The lowest BCUT2D eigenvalue weighted by Crippen LogP contribution is -2.30. The van der Waals surface area contributed by atoms with Gasteiger partial charge in [0.05, 0.1) is 6.10 Å². The van der Waals surface area contributed by atoms with Crippen molar-refractivity contribution in [3.63, 3.8) is 0 Å². The normalized spacial score (nSPS) is 14.9. The van der Waals surface area contributed by atoms with E-state index >= 15 is 0 Å². The van der Waals surface area contributed by atoms with Crippen molar-refractivity contribution in [2.45, 2.75) is 12.2 Å². The first-order valence-corrected chi connectivity index (χ1v) is 5.00. The number of aliphatic hydroxyl groups excluding tert-OH is 2. The molecule has 0 amide bonds. The van der Waals surface area contributed by atoms with Crippen molar-refractivity contribution in [1.82, 2.24) is 5.32 Å². The Labute approximate surface area is 93.7 Å².